The smallest absolute Gasteiger partial charge is 0.235 e. The van der Waals surface area contributed by atoms with Gasteiger partial charge in [-0.3, -0.25) is 9.69 Å². The Balaban J connectivity index is 1.95. The fourth-order valence-corrected chi connectivity index (χ4v) is 3.20. The number of nitrogens with zero attached hydrogens (tertiary/aromatic N) is 2. The van der Waals surface area contributed by atoms with Gasteiger partial charge in [-0.2, -0.15) is 5.26 Å². The molecule has 2 rings (SSSR count). The third kappa shape index (κ3) is 3.01. The Bertz CT molecular complexity index is 322. The van der Waals surface area contributed by atoms with Crippen molar-refractivity contribution in [2.24, 2.45) is 0 Å². The molecule has 2 fully saturated rings. The summed E-state index contributed by atoms with van der Waals surface area (Å²) in [5.41, 5.74) is 0.181. The Morgan fingerprint density at radius 2 is 2.17 bits per heavy atom. The van der Waals surface area contributed by atoms with E-state index in [1.165, 1.54) is 32.1 Å². The highest BCUT2D eigenvalue weighted by atomic mass is 16.2. The average molecular weight is 250 g/mol. The van der Waals surface area contributed by atoms with Gasteiger partial charge in [0.15, 0.2) is 0 Å². The standard InChI is InChI=1S/C13H22N4O/c14-6-7-16-12(18)10-17-9-8-15-11-13(17)4-2-1-3-5-13/h15H,1-5,7-11H2,(H,16,18). The molecule has 0 atom stereocenters. The van der Waals surface area contributed by atoms with Crippen LogP contribution in [-0.2, 0) is 4.79 Å². The zero-order valence-corrected chi connectivity index (χ0v) is 10.9. The largest absolute Gasteiger partial charge is 0.342 e. The summed E-state index contributed by atoms with van der Waals surface area (Å²) in [6.07, 6.45) is 6.21. The topological polar surface area (TPSA) is 68.2 Å². The van der Waals surface area contributed by atoms with Crippen LogP contribution in [0.4, 0.5) is 0 Å². The fourth-order valence-electron chi connectivity index (χ4n) is 3.20. The molecule has 1 aliphatic heterocycles. The van der Waals surface area contributed by atoms with Gasteiger partial charge in [0.25, 0.3) is 0 Å². The first-order valence-corrected chi connectivity index (χ1v) is 6.86. The summed E-state index contributed by atoms with van der Waals surface area (Å²) in [5.74, 6) is -0.0246. The maximum Gasteiger partial charge on any atom is 0.235 e. The van der Waals surface area contributed by atoms with Crippen LogP contribution in [-0.4, -0.2) is 49.1 Å². The predicted octanol–water partition coefficient (Wildman–Crippen LogP) is 0.234. The van der Waals surface area contributed by atoms with Gasteiger partial charge >= 0.3 is 0 Å². The van der Waals surface area contributed by atoms with Crippen LogP contribution in [0.5, 0.6) is 0 Å². The van der Waals surface area contributed by atoms with E-state index in [4.69, 9.17) is 5.26 Å². The minimum absolute atomic E-state index is 0.0246. The Labute approximate surface area is 109 Å². The number of piperazine rings is 1. The van der Waals surface area contributed by atoms with Crippen molar-refractivity contribution in [3.63, 3.8) is 0 Å². The van der Waals surface area contributed by atoms with Crippen molar-refractivity contribution >= 4 is 5.91 Å². The molecule has 0 aromatic carbocycles. The maximum atomic E-state index is 11.8. The maximum absolute atomic E-state index is 11.8. The van der Waals surface area contributed by atoms with Gasteiger partial charge in [0.2, 0.25) is 5.91 Å². The van der Waals surface area contributed by atoms with Crippen LogP contribution >= 0.6 is 0 Å². The lowest BCUT2D eigenvalue weighted by Gasteiger charge is -2.49. The van der Waals surface area contributed by atoms with E-state index in [9.17, 15) is 4.79 Å². The van der Waals surface area contributed by atoms with E-state index in [0.29, 0.717) is 6.54 Å². The fraction of sp³-hybridized carbons (Fsp3) is 0.846. The number of hydrogen-bond acceptors (Lipinski definition) is 4. The summed E-state index contributed by atoms with van der Waals surface area (Å²) in [6, 6.07) is 1.94. The molecule has 100 valence electrons. The first kappa shape index (κ1) is 13.3. The third-order valence-corrected chi connectivity index (χ3v) is 4.17. The van der Waals surface area contributed by atoms with Crippen LogP contribution < -0.4 is 10.6 Å². The second-order valence-electron chi connectivity index (χ2n) is 5.32. The molecule has 0 radical (unpaired) electrons. The van der Waals surface area contributed by atoms with Gasteiger partial charge in [-0.15, -0.1) is 0 Å². The summed E-state index contributed by atoms with van der Waals surface area (Å²) in [7, 11) is 0. The highest BCUT2D eigenvalue weighted by Gasteiger charge is 2.40. The normalized spacial score (nSPS) is 23.5. The lowest BCUT2D eigenvalue weighted by atomic mass is 9.79. The number of amides is 1. The third-order valence-electron chi connectivity index (χ3n) is 4.17. The Morgan fingerprint density at radius 1 is 1.39 bits per heavy atom. The number of nitriles is 1. The molecule has 0 unspecified atom stereocenters. The van der Waals surface area contributed by atoms with Crippen LogP contribution in [0.3, 0.4) is 0 Å². The zero-order chi connectivity index (χ0) is 12.8. The summed E-state index contributed by atoms with van der Waals surface area (Å²) < 4.78 is 0. The van der Waals surface area contributed by atoms with Gasteiger partial charge < -0.3 is 10.6 Å². The number of carbonyl (C=O) groups excluding carboxylic acids is 1. The van der Waals surface area contributed by atoms with Gasteiger partial charge in [-0.1, -0.05) is 19.3 Å². The molecule has 18 heavy (non-hydrogen) atoms. The van der Waals surface area contributed by atoms with Gasteiger partial charge in [-0.25, -0.2) is 0 Å². The van der Waals surface area contributed by atoms with Crippen LogP contribution in [0.25, 0.3) is 0 Å². The quantitative estimate of drug-likeness (QED) is 0.704. The van der Waals surface area contributed by atoms with Crippen molar-refractivity contribution in [1.29, 1.82) is 5.26 Å². The molecule has 5 heteroatoms. The van der Waals surface area contributed by atoms with E-state index in [0.717, 1.165) is 19.6 Å². The van der Waals surface area contributed by atoms with Crippen LogP contribution in [0.1, 0.15) is 32.1 Å². The second-order valence-corrected chi connectivity index (χ2v) is 5.32. The summed E-state index contributed by atoms with van der Waals surface area (Å²) in [4.78, 5) is 14.1. The lowest BCUT2D eigenvalue weighted by molar-refractivity contribution is -0.124. The highest BCUT2D eigenvalue weighted by molar-refractivity contribution is 5.78. The molecule has 0 aromatic rings. The molecule has 5 nitrogen and oxygen atoms in total. The number of nitrogens with one attached hydrogen (secondary N) is 2. The van der Waals surface area contributed by atoms with Gasteiger partial charge in [0, 0.05) is 25.2 Å². The molecular formula is C13H22N4O. The van der Waals surface area contributed by atoms with Gasteiger partial charge in [-0.05, 0) is 12.8 Å². The van der Waals surface area contributed by atoms with E-state index >= 15 is 0 Å². The lowest BCUT2D eigenvalue weighted by Crippen LogP contribution is -2.63. The van der Waals surface area contributed by atoms with E-state index < -0.39 is 0 Å². The van der Waals surface area contributed by atoms with Crippen molar-refractivity contribution in [2.75, 3.05) is 32.7 Å². The Hall–Kier alpha value is -1.12. The minimum atomic E-state index is -0.0246. The first-order valence-electron chi connectivity index (χ1n) is 6.86. The Morgan fingerprint density at radius 3 is 2.89 bits per heavy atom. The van der Waals surface area contributed by atoms with Crippen molar-refractivity contribution in [1.82, 2.24) is 15.5 Å². The summed E-state index contributed by atoms with van der Waals surface area (Å²) in [6.45, 7) is 3.42. The molecule has 1 heterocycles. The first-order chi connectivity index (χ1) is 8.77. The Kier molecular flexibility index (Phi) is 4.56. The molecule has 1 saturated heterocycles. The number of hydrogen-bond donors (Lipinski definition) is 2. The van der Waals surface area contributed by atoms with E-state index in [2.05, 4.69) is 15.5 Å². The average Bonchev–Trinajstić information content (AvgIpc) is 2.40. The van der Waals surface area contributed by atoms with E-state index in [-0.39, 0.29) is 18.0 Å². The molecule has 0 bridgehead atoms. The van der Waals surface area contributed by atoms with Crippen molar-refractivity contribution in [3.05, 3.63) is 0 Å². The highest BCUT2D eigenvalue weighted by Crippen LogP contribution is 2.34. The van der Waals surface area contributed by atoms with Crippen LogP contribution in [0.15, 0.2) is 0 Å². The molecule has 1 spiro atoms. The second kappa shape index (κ2) is 6.17. The molecule has 1 aliphatic carbocycles. The van der Waals surface area contributed by atoms with E-state index in [1.54, 1.807) is 0 Å². The van der Waals surface area contributed by atoms with Crippen molar-refractivity contribution in [3.8, 4) is 6.07 Å². The monoisotopic (exact) mass is 250 g/mol. The summed E-state index contributed by atoms with van der Waals surface area (Å²) in [5, 5.41) is 14.6. The number of carbonyl (C=O) groups is 1. The SMILES string of the molecule is N#CCNC(=O)CN1CCNCC12CCCCC2. The summed E-state index contributed by atoms with van der Waals surface area (Å²) >= 11 is 0. The molecule has 2 N–H and O–H groups in total. The van der Waals surface area contributed by atoms with Crippen LogP contribution in [0, 0.1) is 11.3 Å². The van der Waals surface area contributed by atoms with E-state index in [1.807, 2.05) is 6.07 Å². The van der Waals surface area contributed by atoms with Gasteiger partial charge in [0.05, 0.1) is 12.6 Å². The molecular weight excluding hydrogens is 228 g/mol. The predicted molar refractivity (Wildman–Crippen MR) is 68.9 cm³/mol. The molecule has 1 saturated carbocycles. The van der Waals surface area contributed by atoms with Crippen molar-refractivity contribution < 1.29 is 4.79 Å². The van der Waals surface area contributed by atoms with Gasteiger partial charge in [0.1, 0.15) is 6.54 Å². The minimum Gasteiger partial charge on any atom is -0.342 e. The molecule has 0 aromatic heterocycles. The van der Waals surface area contributed by atoms with Crippen molar-refractivity contribution in [2.45, 2.75) is 37.6 Å². The molecule has 1 amide bonds. The number of rotatable bonds is 3. The molecule has 2 aliphatic rings. The van der Waals surface area contributed by atoms with Crippen LogP contribution in [0.2, 0.25) is 0 Å². The zero-order valence-electron chi connectivity index (χ0n) is 10.9.